The Balaban J connectivity index is 2.84. The first kappa shape index (κ1) is 8.05. The van der Waals surface area contributed by atoms with E-state index in [9.17, 15) is 9.50 Å². The molecule has 2 aromatic carbocycles. The predicted octanol–water partition coefficient (Wildman–Crippen LogP) is 3.01. The molecule has 0 saturated carbocycles. The Morgan fingerprint density at radius 3 is 2.38 bits per heavy atom. The molecule has 0 aliphatic carbocycles. The van der Waals surface area contributed by atoms with E-state index in [1.54, 1.807) is 12.1 Å². The number of phenolic OH excluding ortho intramolecular Hbond substituents is 1. The van der Waals surface area contributed by atoms with Gasteiger partial charge in [-0.25, -0.2) is 4.39 Å². The SMILES string of the molecule is Oc1ccc(CF)c2ccccc12. The van der Waals surface area contributed by atoms with Crippen molar-refractivity contribution in [1.29, 1.82) is 0 Å². The molecule has 0 bridgehead atoms. The Labute approximate surface area is 75.4 Å². The molecular weight excluding hydrogens is 167 g/mol. The summed E-state index contributed by atoms with van der Waals surface area (Å²) < 4.78 is 12.5. The van der Waals surface area contributed by atoms with Crippen molar-refractivity contribution in [2.45, 2.75) is 6.67 Å². The Hall–Kier alpha value is -1.57. The lowest BCUT2D eigenvalue weighted by atomic mass is 10.0. The van der Waals surface area contributed by atoms with Gasteiger partial charge in [0.25, 0.3) is 0 Å². The van der Waals surface area contributed by atoms with Gasteiger partial charge in [-0.2, -0.15) is 0 Å². The molecule has 2 heteroatoms. The fourth-order valence-electron chi connectivity index (χ4n) is 1.46. The maximum Gasteiger partial charge on any atom is 0.123 e. The van der Waals surface area contributed by atoms with Crippen molar-refractivity contribution in [2.24, 2.45) is 0 Å². The molecular formula is C11H9FO. The lowest BCUT2D eigenvalue weighted by Crippen LogP contribution is -1.82. The van der Waals surface area contributed by atoms with E-state index in [4.69, 9.17) is 0 Å². The zero-order valence-corrected chi connectivity index (χ0v) is 7.00. The minimum Gasteiger partial charge on any atom is -0.507 e. The first-order valence-electron chi connectivity index (χ1n) is 4.08. The van der Waals surface area contributed by atoms with Gasteiger partial charge >= 0.3 is 0 Å². The highest BCUT2D eigenvalue weighted by Crippen LogP contribution is 2.27. The largest absolute Gasteiger partial charge is 0.507 e. The maximum absolute atomic E-state index is 12.5. The molecule has 0 spiro atoms. The molecule has 2 rings (SSSR count). The summed E-state index contributed by atoms with van der Waals surface area (Å²) in [6, 6.07) is 10.4. The van der Waals surface area contributed by atoms with E-state index in [2.05, 4.69) is 0 Å². The van der Waals surface area contributed by atoms with Crippen LogP contribution in [0.4, 0.5) is 4.39 Å². The van der Waals surface area contributed by atoms with E-state index in [-0.39, 0.29) is 5.75 Å². The van der Waals surface area contributed by atoms with Gasteiger partial charge < -0.3 is 5.11 Å². The second-order valence-electron chi connectivity index (χ2n) is 2.92. The van der Waals surface area contributed by atoms with Crippen molar-refractivity contribution in [3.63, 3.8) is 0 Å². The zero-order valence-electron chi connectivity index (χ0n) is 7.00. The lowest BCUT2D eigenvalue weighted by Gasteiger charge is -2.03. The van der Waals surface area contributed by atoms with Crippen LogP contribution >= 0.6 is 0 Å². The van der Waals surface area contributed by atoms with Gasteiger partial charge in [0, 0.05) is 5.39 Å². The van der Waals surface area contributed by atoms with Crippen LogP contribution in [0.2, 0.25) is 0 Å². The highest BCUT2D eigenvalue weighted by Gasteiger charge is 2.03. The number of halogens is 1. The molecule has 0 fully saturated rings. The first-order chi connectivity index (χ1) is 6.33. The normalized spacial score (nSPS) is 10.5. The predicted molar refractivity (Wildman–Crippen MR) is 50.4 cm³/mol. The Kier molecular flexibility index (Phi) is 1.89. The van der Waals surface area contributed by atoms with Crippen LogP contribution < -0.4 is 0 Å². The van der Waals surface area contributed by atoms with Crippen LogP contribution in [0.15, 0.2) is 36.4 Å². The summed E-state index contributed by atoms with van der Waals surface area (Å²) >= 11 is 0. The number of hydrogen-bond acceptors (Lipinski definition) is 1. The summed E-state index contributed by atoms with van der Waals surface area (Å²) in [5.74, 6) is 0.202. The fraction of sp³-hybridized carbons (Fsp3) is 0.0909. The summed E-state index contributed by atoms with van der Waals surface area (Å²) in [5, 5.41) is 11.0. The molecule has 0 aliphatic rings. The van der Waals surface area contributed by atoms with Crippen LogP contribution in [0.25, 0.3) is 10.8 Å². The molecule has 66 valence electrons. The van der Waals surface area contributed by atoms with Crippen LogP contribution in [0.5, 0.6) is 5.75 Å². The molecule has 0 heterocycles. The van der Waals surface area contributed by atoms with Crippen LogP contribution in [0.1, 0.15) is 5.56 Å². The molecule has 0 saturated heterocycles. The van der Waals surface area contributed by atoms with Crippen molar-refractivity contribution in [3.8, 4) is 5.75 Å². The zero-order chi connectivity index (χ0) is 9.26. The average Bonchev–Trinajstić information content (AvgIpc) is 2.19. The second kappa shape index (κ2) is 3.05. The van der Waals surface area contributed by atoms with Gasteiger partial charge in [0.15, 0.2) is 0 Å². The minimum absolute atomic E-state index is 0.202. The molecule has 0 amide bonds. The number of fused-ring (bicyclic) bond motifs is 1. The summed E-state index contributed by atoms with van der Waals surface area (Å²) in [4.78, 5) is 0. The maximum atomic E-state index is 12.5. The van der Waals surface area contributed by atoms with Gasteiger partial charge in [-0.1, -0.05) is 30.3 Å². The Bertz CT molecular complexity index is 437. The van der Waals surface area contributed by atoms with Crippen molar-refractivity contribution in [3.05, 3.63) is 42.0 Å². The third kappa shape index (κ3) is 1.24. The molecule has 0 unspecified atom stereocenters. The highest BCUT2D eigenvalue weighted by atomic mass is 19.1. The fourth-order valence-corrected chi connectivity index (χ4v) is 1.46. The Morgan fingerprint density at radius 1 is 1.00 bits per heavy atom. The number of alkyl halides is 1. The van der Waals surface area contributed by atoms with Crippen LogP contribution in [0.3, 0.4) is 0 Å². The average molecular weight is 176 g/mol. The van der Waals surface area contributed by atoms with Gasteiger partial charge in [0.1, 0.15) is 12.4 Å². The lowest BCUT2D eigenvalue weighted by molar-refractivity contribution is 0.477. The van der Waals surface area contributed by atoms with Gasteiger partial charge in [0.05, 0.1) is 0 Å². The van der Waals surface area contributed by atoms with E-state index < -0.39 is 6.67 Å². The van der Waals surface area contributed by atoms with E-state index in [1.807, 2.05) is 18.2 Å². The molecule has 1 N–H and O–H groups in total. The molecule has 2 aromatic rings. The molecule has 1 nitrogen and oxygen atoms in total. The quantitative estimate of drug-likeness (QED) is 0.708. The van der Waals surface area contributed by atoms with E-state index in [1.165, 1.54) is 6.07 Å². The number of phenols is 1. The number of hydrogen-bond donors (Lipinski definition) is 1. The van der Waals surface area contributed by atoms with Crippen LogP contribution in [0, 0.1) is 0 Å². The van der Waals surface area contributed by atoms with Crippen molar-refractivity contribution in [1.82, 2.24) is 0 Å². The summed E-state index contributed by atoms with van der Waals surface area (Å²) in [6.45, 7) is -0.499. The third-order valence-corrected chi connectivity index (χ3v) is 2.14. The standard InChI is InChI=1S/C11H9FO/c12-7-8-5-6-11(13)10-4-2-1-3-9(8)10/h1-6,13H,7H2. The molecule has 0 aromatic heterocycles. The second-order valence-corrected chi connectivity index (χ2v) is 2.92. The van der Waals surface area contributed by atoms with Gasteiger partial charge in [-0.3, -0.25) is 0 Å². The van der Waals surface area contributed by atoms with Crippen molar-refractivity contribution in [2.75, 3.05) is 0 Å². The van der Waals surface area contributed by atoms with Crippen LogP contribution in [-0.2, 0) is 6.67 Å². The first-order valence-corrected chi connectivity index (χ1v) is 4.08. The van der Waals surface area contributed by atoms with Gasteiger partial charge in [-0.15, -0.1) is 0 Å². The van der Waals surface area contributed by atoms with Crippen molar-refractivity contribution >= 4 is 10.8 Å². The molecule has 0 radical (unpaired) electrons. The number of benzene rings is 2. The highest BCUT2D eigenvalue weighted by molar-refractivity contribution is 5.90. The smallest absolute Gasteiger partial charge is 0.123 e. The van der Waals surface area contributed by atoms with Gasteiger partial charge in [0.2, 0.25) is 0 Å². The van der Waals surface area contributed by atoms with E-state index in [0.717, 1.165) is 5.39 Å². The van der Waals surface area contributed by atoms with E-state index >= 15 is 0 Å². The topological polar surface area (TPSA) is 20.2 Å². The molecule has 13 heavy (non-hydrogen) atoms. The third-order valence-electron chi connectivity index (χ3n) is 2.14. The van der Waals surface area contributed by atoms with Crippen LogP contribution in [-0.4, -0.2) is 5.11 Å². The monoisotopic (exact) mass is 176 g/mol. The van der Waals surface area contributed by atoms with Gasteiger partial charge in [-0.05, 0) is 17.0 Å². The van der Waals surface area contributed by atoms with Crippen molar-refractivity contribution < 1.29 is 9.50 Å². The summed E-state index contributed by atoms with van der Waals surface area (Å²) in [5.41, 5.74) is 0.619. The van der Waals surface area contributed by atoms with E-state index in [0.29, 0.717) is 10.9 Å². The molecule has 0 atom stereocenters. The summed E-state index contributed by atoms with van der Waals surface area (Å²) in [7, 11) is 0. The minimum atomic E-state index is -0.499. The molecule has 0 aliphatic heterocycles. The number of aromatic hydroxyl groups is 1. The Morgan fingerprint density at radius 2 is 1.69 bits per heavy atom. The number of rotatable bonds is 1. The summed E-state index contributed by atoms with van der Waals surface area (Å²) in [6.07, 6.45) is 0.